The summed E-state index contributed by atoms with van der Waals surface area (Å²) in [5, 5.41) is 2.95. The quantitative estimate of drug-likeness (QED) is 0.596. The topological polar surface area (TPSA) is 47.3 Å². The molecule has 20 heavy (non-hydrogen) atoms. The third kappa shape index (κ3) is 4.59. The van der Waals surface area contributed by atoms with Gasteiger partial charge in [-0.15, -0.1) is 0 Å². The summed E-state index contributed by atoms with van der Waals surface area (Å²) in [6.07, 6.45) is -1.15. The van der Waals surface area contributed by atoms with Gasteiger partial charge in [0.25, 0.3) is 0 Å². The van der Waals surface area contributed by atoms with Crippen molar-refractivity contribution in [1.29, 1.82) is 0 Å². The average Bonchev–Trinajstić information content (AvgIpc) is 3.18. The third-order valence-corrected chi connectivity index (χ3v) is 3.20. The van der Waals surface area contributed by atoms with E-state index in [1.54, 1.807) is 6.07 Å². The Morgan fingerprint density at radius 1 is 1.30 bits per heavy atom. The first kappa shape index (κ1) is 15.0. The van der Waals surface area contributed by atoms with Gasteiger partial charge < -0.3 is 15.8 Å². The van der Waals surface area contributed by atoms with Crippen LogP contribution >= 0.6 is 0 Å². The number of alkyl halides is 3. The molecule has 0 aliphatic heterocycles. The maximum atomic E-state index is 12.7. The van der Waals surface area contributed by atoms with Gasteiger partial charge in [-0.1, -0.05) is 0 Å². The lowest BCUT2D eigenvalue weighted by Gasteiger charge is -2.13. The zero-order chi connectivity index (χ0) is 14.6. The number of nitrogens with one attached hydrogen (secondary N) is 1. The highest BCUT2D eigenvalue weighted by Gasteiger charge is 2.33. The van der Waals surface area contributed by atoms with Crippen molar-refractivity contribution in [3.63, 3.8) is 0 Å². The number of anilines is 2. The smallest absolute Gasteiger partial charge is 0.398 e. The first-order chi connectivity index (χ1) is 9.47. The molecule has 112 valence electrons. The predicted molar refractivity (Wildman–Crippen MR) is 72.5 cm³/mol. The van der Waals surface area contributed by atoms with Crippen LogP contribution in [0.25, 0.3) is 0 Å². The minimum Gasteiger partial charge on any atom is -0.398 e. The van der Waals surface area contributed by atoms with Gasteiger partial charge in [-0.2, -0.15) is 13.2 Å². The van der Waals surface area contributed by atoms with Gasteiger partial charge >= 0.3 is 6.18 Å². The number of halogens is 3. The molecule has 1 saturated carbocycles. The van der Waals surface area contributed by atoms with E-state index < -0.39 is 11.7 Å². The van der Waals surface area contributed by atoms with E-state index in [0.717, 1.165) is 25.0 Å². The molecule has 0 bridgehead atoms. The number of rotatable bonds is 7. The van der Waals surface area contributed by atoms with Crippen molar-refractivity contribution < 1.29 is 17.9 Å². The lowest BCUT2D eigenvalue weighted by molar-refractivity contribution is -0.136. The lowest BCUT2D eigenvalue weighted by atomic mass is 10.1. The van der Waals surface area contributed by atoms with Crippen molar-refractivity contribution >= 4 is 11.4 Å². The van der Waals surface area contributed by atoms with E-state index in [1.165, 1.54) is 18.9 Å². The normalized spacial score (nSPS) is 15.3. The second-order valence-corrected chi connectivity index (χ2v) is 5.10. The molecule has 2 rings (SSSR count). The standard InChI is InChI=1S/C14H19F3N2O/c15-14(16,17)12-8-11(4-5-13(12)18)19-6-1-7-20-9-10-2-3-10/h4-5,8,10,19H,1-3,6-7,9,18H2. The van der Waals surface area contributed by atoms with E-state index in [0.29, 0.717) is 18.8 Å². The Balaban J connectivity index is 1.74. The molecule has 0 aromatic heterocycles. The summed E-state index contributed by atoms with van der Waals surface area (Å²) in [6, 6.07) is 3.87. The SMILES string of the molecule is Nc1ccc(NCCCOCC2CC2)cc1C(F)(F)F. The lowest BCUT2D eigenvalue weighted by Crippen LogP contribution is -2.11. The summed E-state index contributed by atoms with van der Waals surface area (Å²) in [7, 11) is 0. The molecule has 0 atom stereocenters. The van der Waals surface area contributed by atoms with Crippen molar-refractivity contribution in [2.45, 2.75) is 25.4 Å². The first-order valence-corrected chi connectivity index (χ1v) is 6.75. The van der Waals surface area contributed by atoms with Gasteiger partial charge in [0.2, 0.25) is 0 Å². The van der Waals surface area contributed by atoms with E-state index in [1.807, 2.05) is 0 Å². The zero-order valence-electron chi connectivity index (χ0n) is 11.2. The largest absolute Gasteiger partial charge is 0.418 e. The van der Waals surface area contributed by atoms with E-state index in [2.05, 4.69) is 5.32 Å². The van der Waals surface area contributed by atoms with Gasteiger partial charge in [0, 0.05) is 31.1 Å². The highest BCUT2D eigenvalue weighted by molar-refractivity contribution is 5.58. The van der Waals surface area contributed by atoms with E-state index in [-0.39, 0.29) is 5.69 Å². The maximum absolute atomic E-state index is 12.7. The number of nitrogens with two attached hydrogens (primary N) is 1. The summed E-state index contributed by atoms with van der Waals surface area (Å²) in [5.74, 6) is 0.731. The Morgan fingerprint density at radius 2 is 2.05 bits per heavy atom. The Hall–Kier alpha value is -1.43. The van der Waals surface area contributed by atoms with Crippen LogP contribution in [-0.2, 0) is 10.9 Å². The number of nitrogen functional groups attached to an aromatic ring is 1. The third-order valence-electron chi connectivity index (χ3n) is 3.20. The van der Waals surface area contributed by atoms with Crippen molar-refractivity contribution in [1.82, 2.24) is 0 Å². The summed E-state index contributed by atoms with van der Waals surface area (Å²) in [6.45, 7) is 2.01. The van der Waals surface area contributed by atoms with Crippen LogP contribution in [0.2, 0.25) is 0 Å². The molecule has 0 saturated heterocycles. The van der Waals surface area contributed by atoms with Crippen molar-refractivity contribution in [3.05, 3.63) is 23.8 Å². The molecule has 0 unspecified atom stereocenters. The maximum Gasteiger partial charge on any atom is 0.418 e. The fraction of sp³-hybridized carbons (Fsp3) is 0.571. The highest BCUT2D eigenvalue weighted by atomic mass is 19.4. The molecule has 0 heterocycles. The van der Waals surface area contributed by atoms with Crippen LogP contribution < -0.4 is 11.1 Å². The van der Waals surface area contributed by atoms with Crippen LogP contribution in [0.15, 0.2) is 18.2 Å². The van der Waals surface area contributed by atoms with E-state index in [9.17, 15) is 13.2 Å². The van der Waals surface area contributed by atoms with Crippen molar-refractivity contribution in [2.75, 3.05) is 30.8 Å². The van der Waals surface area contributed by atoms with Crippen LogP contribution in [0.5, 0.6) is 0 Å². The van der Waals surface area contributed by atoms with Crippen molar-refractivity contribution in [3.8, 4) is 0 Å². The predicted octanol–water partition coefficient (Wildman–Crippen LogP) is 3.52. The fourth-order valence-corrected chi connectivity index (χ4v) is 1.85. The van der Waals surface area contributed by atoms with Gasteiger partial charge in [-0.05, 0) is 43.4 Å². The Morgan fingerprint density at radius 3 is 2.70 bits per heavy atom. The Kier molecular flexibility index (Phi) is 4.75. The van der Waals surface area contributed by atoms with Crippen LogP contribution in [-0.4, -0.2) is 19.8 Å². The summed E-state index contributed by atoms with van der Waals surface area (Å²) >= 11 is 0. The molecule has 0 spiro atoms. The molecular weight excluding hydrogens is 269 g/mol. The molecule has 6 heteroatoms. The summed E-state index contributed by atoms with van der Waals surface area (Å²) in [5.41, 5.74) is 4.71. The van der Waals surface area contributed by atoms with Crippen LogP contribution in [0, 0.1) is 5.92 Å². The Labute approximate surface area is 116 Å². The van der Waals surface area contributed by atoms with Gasteiger partial charge in [0.05, 0.1) is 5.56 Å². The zero-order valence-corrected chi connectivity index (χ0v) is 11.2. The van der Waals surface area contributed by atoms with Gasteiger partial charge in [0.15, 0.2) is 0 Å². The van der Waals surface area contributed by atoms with Crippen LogP contribution in [0.4, 0.5) is 24.5 Å². The van der Waals surface area contributed by atoms with Crippen LogP contribution in [0.3, 0.4) is 0 Å². The monoisotopic (exact) mass is 288 g/mol. The van der Waals surface area contributed by atoms with Gasteiger partial charge in [-0.3, -0.25) is 0 Å². The molecule has 1 aliphatic rings. The molecule has 1 aliphatic carbocycles. The van der Waals surface area contributed by atoms with Crippen LogP contribution in [0.1, 0.15) is 24.8 Å². The highest BCUT2D eigenvalue weighted by Crippen LogP contribution is 2.35. The van der Waals surface area contributed by atoms with Crippen molar-refractivity contribution in [2.24, 2.45) is 5.92 Å². The number of hydrogen-bond donors (Lipinski definition) is 2. The number of ether oxygens (including phenoxy) is 1. The molecular formula is C14H19F3N2O. The minimum absolute atomic E-state index is 0.254. The molecule has 3 N–H and O–H groups in total. The minimum atomic E-state index is -4.42. The van der Waals surface area contributed by atoms with Gasteiger partial charge in [-0.25, -0.2) is 0 Å². The first-order valence-electron chi connectivity index (χ1n) is 6.75. The molecule has 1 aromatic carbocycles. The van der Waals surface area contributed by atoms with E-state index in [4.69, 9.17) is 10.5 Å². The van der Waals surface area contributed by atoms with Gasteiger partial charge in [0.1, 0.15) is 0 Å². The molecule has 0 radical (unpaired) electrons. The number of hydrogen-bond acceptors (Lipinski definition) is 3. The molecule has 1 fully saturated rings. The fourth-order valence-electron chi connectivity index (χ4n) is 1.85. The Bertz CT molecular complexity index is 445. The second kappa shape index (κ2) is 6.35. The van der Waals surface area contributed by atoms with E-state index >= 15 is 0 Å². The number of benzene rings is 1. The second-order valence-electron chi connectivity index (χ2n) is 5.10. The molecule has 3 nitrogen and oxygen atoms in total. The molecule has 0 amide bonds. The molecule has 1 aromatic rings. The average molecular weight is 288 g/mol. The summed E-state index contributed by atoms with van der Waals surface area (Å²) in [4.78, 5) is 0. The summed E-state index contributed by atoms with van der Waals surface area (Å²) < 4.78 is 43.5.